The Morgan fingerprint density at radius 1 is 1.43 bits per heavy atom. The molecule has 0 bridgehead atoms. The molecule has 0 saturated carbocycles. The average molecular weight is 334 g/mol. The van der Waals surface area contributed by atoms with E-state index in [-0.39, 0.29) is 12.4 Å². The van der Waals surface area contributed by atoms with Crippen molar-refractivity contribution >= 4 is 11.3 Å². The van der Waals surface area contributed by atoms with Gasteiger partial charge in [0.15, 0.2) is 0 Å². The van der Waals surface area contributed by atoms with Crippen LogP contribution in [-0.2, 0) is 6.42 Å². The molecule has 23 heavy (non-hydrogen) atoms. The highest BCUT2D eigenvalue weighted by molar-refractivity contribution is 7.15. The van der Waals surface area contributed by atoms with Crippen LogP contribution in [0.2, 0.25) is 0 Å². The highest BCUT2D eigenvalue weighted by atomic mass is 32.1. The maximum atomic E-state index is 14.0. The third kappa shape index (κ3) is 3.79. The first-order valence-corrected chi connectivity index (χ1v) is 9.12. The molecule has 1 heterocycles. The standard InChI is InChI=1S/C18H23FN2OS/c1-12(6-5-11-22)20-15-9-4-10-16-17(15)23-18(21-16)13-7-2-3-8-14(13)19/h2-3,7-8,12,15,20,22H,4-6,9-11H2,1H3. The Labute approximate surface area is 140 Å². The molecule has 1 aliphatic rings. The summed E-state index contributed by atoms with van der Waals surface area (Å²) in [6.45, 7) is 2.39. The first-order chi connectivity index (χ1) is 11.2. The number of halogens is 1. The Kier molecular flexibility index (Phi) is 5.41. The fourth-order valence-corrected chi connectivity index (χ4v) is 4.39. The van der Waals surface area contributed by atoms with Crippen molar-refractivity contribution in [2.24, 2.45) is 0 Å². The number of hydrogen-bond donors (Lipinski definition) is 2. The molecule has 2 aromatic rings. The zero-order valence-corrected chi connectivity index (χ0v) is 14.2. The Bertz CT molecular complexity index is 658. The van der Waals surface area contributed by atoms with Crippen LogP contribution < -0.4 is 5.32 Å². The van der Waals surface area contributed by atoms with Gasteiger partial charge < -0.3 is 10.4 Å². The van der Waals surface area contributed by atoms with E-state index in [4.69, 9.17) is 10.1 Å². The highest BCUT2D eigenvalue weighted by Gasteiger charge is 2.26. The maximum absolute atomic E-state index is 14.0. The van der Waals surface area contributed by atoms with Crippen molar-refractivity contribution in [3.05, 3.63) is 40.7 Å². The van der Waals surface area contributed by atoms with E-state index in [1.807, 2.05) is 6.07 Å². The van der Waals surface area contributed by atoms with Gasteiger partial charge in [0.05, 0.1) is 5.69 Å². The molecule has 2 N–H and O–H groups in total. The maximum Gasteiger partial charge on any atom is 0.133 e. The van der Waals surface area contributed by atoms with Crippen LogP contribution in [0.4, 0.5) is 4.39 Å². The summed E-state index contributed by atoms with van der Waals surface area (Å²) >= 11 is 1.61. The second-order valence-electron chi connectivity index (χ2n) is 6.19. The topological polar surface area (TPSA) is 45.1 Å². The molecule has 3 nitrogen and oxygen atoms in total. The summed E-state index contributed by atoms with van der Waals surface area (Å²) in [5.74, 6) is -0.209. The molecule has 0 aliphatic heterocycles. The minimum Gasteiger partial charge on any atom is -0.396 e. The van der Waals surface area contributed by atoms with E-state index in [0.717, 1.165) is 42.8 Å². The monoisotopic (exact) mass is 334 g/mol. The van der Waals surface area contributed by atoms with E-state index < -0.39 is 0 Å². The lowest BCUT2D eigenvalue weighted by Crippen LogP contribution is -2.32. The molecule has 1 aromatic heterocycles. The smallest absolute Gasteiger partial charge is 0.133 e. The zero-order valence-electron chi connectivity index (χ0n) is 13.4. The van der Waals surface area contributed by atoms with Crippen LogP contribution in [-0.4, -0.2) is 22.7 Å². The number of aliphatic hydroxyl groups is 1. The molecule has 0 saturated heterocycles. The predicted molar refractivity (Wildman–Crippen MR) is 92.1 cm³/mol. The van der Waals surface area contributed by atoms with Gasteiger partial charge in [-0.3, -0.25) is 0 Å². The minimum absolute atomic E-state index is 0.209. The number of benzene rings is 1. The van der Waals surface area contributed by atoms with Crippen molar-refractivity contribution in [3.8, 4) is 10.6 Å². The summed E-state index contributed by atoms with van der Waals surface area (Å²) in [5, 5.41) is 13.4. The van der Waals surface area contributed by atoms with Crippen molar-refractivity contribution < 1.29 is 9.50 Å². The highest BCUT2D eigenvalue weighted by Crippen LogP contribution is 2.38. The molecule has 1 aromatic carbocycles. The second kappa shape index (κ2) is 7.51. The van der Waals surface area contributed by atoms with Gasteiger partial charge in [0.1, 0.15) is 10.8 Å². The summed E-state index contributed by atoms with van der Waals surface area (Å²) in [6, 6.07) is 7.50. The molecule has 3 rings (SSSR count). The molecule has 124 valence electrons. The fourth-order valence-electron chi connectivity index (χ4n) is 3.15. The van der Waals surface area contributed by atoms with Crippen LogP contribution in [0.25, 0.3) is 10.6 Å². The summed E-state index contributed by atoms with van der Waals surface area (Å²) < 4.78 is 14.0. The van der Waals surface area contributed by atoms with Crippen LogP contribution in [0, 0.1) is 5.82 Å². The molecule has 5 heteroatoms. The summed E-state index contributed by atoms with van der Waals surface area (Å²) in [5.41, 5.74) is 1.71. The molecule has 1 aliphatic carbocycles. The summed E-state index contributed by atoms with van der Waals surface area (Å²) in [7, 11) is 0. The number of nitrogens with one attached hydrogen (secondary N) is 1. The van der Waals surface area contributed by atoms with E-state index in [0.29, 0.717) is 17.6 Å². The lowest BCUT2D eigenvalue weighted by Gasteiger charge is -2.26. The molecule has 0 amide bonds. The van der Waals surface area contributed by atoms with Crippen molar-refractivity contribution in [2.45, 2.75) is 51.1 Å². The quantitative estimate of drug-likeness (QED) is 0.837. The van der Waals surface area contributed by atoms with Crippen molar-refractivity contribution in [1.29, 1.82) is 0 Å². The number of nitrogens with zero attached hydrogens (tertiary/aromatic N) is 1. The number of aryl methyl sites for hydroxylation is 1. The van der Waals surface area contributed by atoms with E-state index in [1.165, 1.54) is 10.9 Å². The minimum atomic E-state index is -0.209. The van der Waals surface area contributed by atoms with Gasteiger partial charge >= 0.3 is 0 Å². The van der Waals surface area contributed by atoms with E-state index in [9.17, 15) is 4.39 Å². The van der Waals surface area contributed by atoms with Gasteiger partial charge in [-0.1, -0.05) is 12.1 Å². The Morgan fingerprint density at radius 3 is 3.04 bits per heavy atom. The largest absolute Gasteiger partial charge is 0.396 e. The van der Waals surface area contributed by atoms with Gasteiger partial charge in [0.2, 0.25) is 0 Å². The molecule has 0 radical (unpaired) electrons. The first kappa shape index (κ1) is 16.6. The van der Waals surface area contributed by atoms with E-state index in [1.54, 1.807) is 23.5 Å². The van der Waals surface area contributed by atoms with Gasteiger partial charge in [-0.2, -0.15) is 0 Å². The Morgan fingerprint density at radius 2 is 2.26 bits per heavy atom. The van der Waals surface area contributed by atoms with Crippen LogP contribution in [0.1, 0.15) is 49.2 Å². The van der Waals surface area contributed by atoms with Gasteiger partial charge in [-0.05, 0) is 51.2 Å². The zero-order chi connectivity index (χ0) is 16.2. The van der Waals surface area contributed by atoms with Gasteiger partial charge in [-0.25, -0.2) is 9.37 Å². The van der Waals surface area contributed by atoms with Crippen molar-refractivity contribution in [3.63, 3.8) is 0 Å². The summed E-state index contributed by atoms with van der Waals surface area (Å²) in [6.07, 6.45) is 4.95. The number of aromatic nitrogens is 1. The number of thiazole rings is 1. The van der Waals surface area contributed by atoms with Gasteiger partial charge in [0, 0.05) is 29.1 Å². The number of fused-ring (bicyclic) bond motifs is 1. The van der Waals surface area contributed by atoms with Crippen LogP contribution >= 0.6 is 11.3 Å². The number of hydrogen-bond acceptors (Lipinski definition) is 4. The van der Waals surface area contributed by atoms with E-state index in [2.05, 4.69) is 12.2 Å². The molecule has 2 atom stereocenters. The SMILES string of the molecule is CC(CCCO)NC1CCCc2nc(-c3ccccc3F)sc21. The fraction of sp³-hybridized carbons (Fsp3) is 0.500. The molecule has 2 unspecified atom stereocenters. The van der Waals surface area contributed by atoms with Crippen LogP contribution in [0.15, 0.2) is 24.3 Å². The lowest BCUT2D eigenvalue weighted by molar-refractivity contribution is 0.272. The average Bonchev–Trinajstić information content (AvgIpc) is 2.98. The van der Waals surface area contributed by atoms with Crippen molar-refractivity contribution in [2.75, 3.05) is 6.61 Å². The van der Waals surface area contributed by atoms with Gasteiger partial charge in [0.25, 0.3) is 0 Å². The number of aliphatic hydroxyl groups excluding tert-OH is 1. The van der Waals surface area contributed by atoms with Crippen LogP contribution in [0.5, 0.6) is 0 Å². The Hall–Kier alpha value is -1.30. The van der Waals surface area contributed by atoms with Gasteiger partial charge in [-0.15, -0.1) is 11.3 Å². The lowest BCUT2D eigenvalue weighted by atomic mass is 9.97. The second-order valence-corrected chi connectivity index (χ2v) is 7.22. The number of rotatable bonds is 6. The molecular formula is C18H23FN2OS. The predicted octanol–water partition coefficient (Wildman–Crippen LogP) is 4.08. The third-order valence-electron chi connectivity index (χ3n) is 4.34. The van der Waals surface area contributed by atoms with Crippen molar-refractivity contribution in [1.82, 2.24) is 10.3 Å². The normalized spacial score (nSPS) is 18.7. The molecule has 0 fully saturated rings. The van der Waals surface area contributed by atoms with E-state index >= 15 is 0 Å². The Balaban J connectivity index is 1.81. The summed E-state index contributed by atoms with van der Waals surface area (Å²) in [4.78, 5) is 5.96. The van der Waals surface area contributed by atoms with Crippen LogP contribution in [0.3, 0.4) is 0 Å². The third-order valence-corrected chi connectivity index (χ3v) is 5.58. The molecule has 0 spiro atoms. The molecular weight excluding hydrogens is 311 g/mol. The first-order valence-electron chi connectivity index (χ1n) is 8.30.